The molecule has 1 aliphatic rings. The zero-order chi connectivity index (χ0) is 11.5. The average Bonchev–Trinajstić information content (AvgIpc) is 2.37. The molecule has 1 unspecified atom stereocenters. The number of hydrogen-bond acceptors (Lipinski definition) is 3. The molecule has 0 amide bonds. The Kier molecular flexibility index (Phi) is 3.84. The molecule has 0 aliphatic carbocycles. The van der Waals surface area contributed by atoms with Crippen LogP contribution in [0.1, 0.15) is 26.7 Å². The molecule has 0 saturated heterocycles. The number of alkyl halides is 1. The molecule has 1 atom stereocenters. The summed E-state index contributed by atoms with van der Waals surface area (Å²) in [7, 11) is 0. The molecule has 88 valence electrons. The Hall–Kier alpha value is -0.910. The molecule has 3 nitrogen and oxygen atoms in total. The summed E-state index contributed by atoms with van der Waals surface area (Å²) in [6, 6.07) is -6.12. The molecule has 15 heavy (non-hydrogen) atoms. The molecule has 0 aromatic heterocycles. The molecule has 1 heterocycles. The van der Waals surface area contributed by atoms with Crippen molar-refractivity contribution in [1.82, 2.24) is 0 Å². The molecule has 0 spiro atoms. The topological polar surface area (TPSA) is 27.7 Å². The summed E-state index contributed by atoms with van der Waals surface area (Å²) in [5, 5.41) is 0. The summed E-state index contributed by atoms with van der Waals surface area (Å²) < 4.78 is 51.3. The van der Waals surface area contributed by atoms with E-state index in [0.29, 0.717) is 6.61 Å². The van der Waals surface area contributed by atoms with Crippen molar-refractivity contribution in [1.29, 1.82) is 0 Å². The van der Waals surface area contributed by atoms with Crippen LogP contribution >= 0.6 is 0 Å². The lowest BCUT2D eigenvalue weighted by Crippen LogP contribution is -2.30. The van der Waals surface area contributed by atoms with Crippen LogP contribution in [0.5, 0.6) is 0 Å². The van der Waals surface area contributed by atoms with Crippen LogP contribution in [0.3, 0.4) is 0 Å². The summed E-state index contributed by atoms with van der Waals surface area (Å²) in [4.78, 5) is 0. The van der Waals surface area contributed by atoms with Crippen molar-refractivity contribution in [3.8, 4) is 0 Å². The Morgan fingerprint density at radius 2 is 1.87 bits per heavy atom. The molecule has 1 rings (SSSR count). The van der Waals surface area contributed by atoms with Gasteiger partial charge in [0.25, 0.3) is 0 Å². The van der Waals surface area contributed by atoms with Crippen molar-refractivity contribution < 1.29 is 27.4 Å². The van der Waals surface area contributed by atoms with Crippen molar-refractivity contribution in [2.24, 2.45) is 0 Å². The molecule has 0 saturated carbocycles. The lowest BCUT2D eigenvalue weighted by molar-refractivity contribution is -0.275. The summed E-state index contributed by atoms with van der Waals surface area (Å²) in [5.41, 5.74) is 0. The van der Waals surface area contributed by atoms with Crippen molar-refractivity contribution in [3.05, 3.63) is 12.0 Å². The van der Waals surface area contributed by atoms with Gasteiger partial charge in [0, 0.05) is 6.61 Å². The van der Waals surface area contributed by atoms with Crippen molar-refractivity contribution >= 4 is 0 Å². The van der Waals surface area contributed by atoms with Gasteiger partial charge in [0.1, 0.15) is 0 Å². The normalized spacial score (nSPS) is 21.1. The molecular formula is C9H13F3O3. The molecule has 0 bridgehead atoms. The van der Waals surface area contributed by atoms with Crippen LogP contribution < -0.4 is 0 Å². The van der Waals surface area contributed by atoms with Gasteiger partial charge in [-0.1, -0.05) is 6.92 Å². The molecular weight excluding hydrogens is 213 g/mol. The fourth-order valence-corrected chi connectivity index (χ4v) is 1.17. The van der Waals surface area contributed by atoms with Crippen LogP contribution in [0.2, 0.25) is 0 Å². The fraction of sp³-hybridized carbons (Fsp3) is 0.778. The quantitative estimate of drug-likeness (QED) is 0.721. The Balaban J connectivity index is 2.39. The first-order valence-electron chi connectivity index (χ1n) is 4.70. The van der Waals surface area contributed by atoms with Gasteiger partial charge < -0.3 is 14.2 Å². The third kappa shape index (κ3) is 3.30. The first-order valence-corrected chi connectivity index (χ1v) is 4.70. The van der Waals surface area contributed by atoms with Crippen molar-refractivity contribution in [3.63, 3.8) is 0 Å². The zero-order valence-electron chi connectivity index (χ0n) is 8.56. The van der Waals surface area contributed by atoms with Gasteiger partial charge in [-0.3, -0.25) is 0 Å². The molecule has 0 fully saturated rings. The van der Waals surface area contributed by atoms with E-state index in [2.05, 4.69) is 9.47 Å². The third-order valence-electron chi connectivity index (χ3n) is 1.78. The molecule has 6 heteroatoms. The maximum absolute atomic E-state index is 13.4. The Labute approximate surface area is 85.8 Å². The minimum atomic E-state index is -2.79. The van der Waals surface area contributed by atoms with Gasteiger partial charge in [0.05, 0.1) is 12.5 Å². The van der Waals surface area contributed by atoms with Gasteiger partial charge in [0.15, 0.2) is 0 Å². The highest BCUT2D eigenvalue weighted by atomic mass is 19.2. The minimum absolute atomic E-state index is 0.395. The lowest BCUT2D eigenvalue weighted by atomic mass is 10.2. The monoisotopic (exact) mass is 226 g/mol. The predicted molar refractivity (Wildman–Crippen MR) is 45.6 cm³/mol. The smallest absolute Gasteiger partial charge is 0.395 e. The van der Waals surface area contributed by atoms with Gasteiger partial charge in [-0.25, -0.2) is 0 Å². The highest BCUT2D eigenvalue weighted by Crippen LogP contribution is 2.37. The maximum atomic E-state index is 13.4. The van der Waals surface area contributed by atoms with E-state index in [1.165, 1.54) is 0 Å². The second-order valence-corrected chi connectivity index (χ2v) is 3.30. The van der Waals surface area contributed by atoms with Crippen LogP contribution in [-0.2, 0) is 14.2 Å². The predicted octanol–water partition coefficient (Wildman–Crippen LogP) is 2.93. The SMILES string of the molecule is CCCOC(C)CC1(F)OC(F)=C(F)O1. The van der Waals surface area contributed by atoms with Crippen LogP contribution in [0.15, 0.2) is 12.0 Å². The van der Waals surface area contributed by atoms with E-state index in [1.807, 2.05) is 6.92 Å². The van der Waals surface area contributed by atoms with Gasteiger partial charge in [-0.2, -0.15) is 13.2 Å². The highest BCUT2D eigenvalue weighted by molar-refractivity contribution is 4.92. The first kappa shape index (κ1) is 12.2. The average molecular weight is 226 g/mol. The third-order valence-corrected chi connectivity index (χ3v) is 1.78. The number of ether oxygens (including phenoxy) is 3. The van der Waals surface area contributed by atoms with E-state index in [4.69, 9.17) is 4.74 Å². The van der Waals surface area contributed by atoms with Crippen LogP contribution in [-0.4, -0.2) is 18.8 Å². The van der Waals surface area contributed by atoms with E-state index >= 15 is 0 Å². The molecule has 1 aliphatic heterocycles. The van der Waals surface area contributed by atoms with Gasteiger partial charge in [-0.15, -0.1) is 0 Å². The zero-order valence-corrected chi connectivity index (χ0v) is 8.56. The minimum Gasteiger partial charge on any atom is -0.395 e. The number of rotatable bonds is 5. The molecule has 0 N–H and O–H groups in total. The highest BCUT2D eigenvalue weighted by Gasteiger charge is 2.46. The van der Waals surface area contributed by atoms with E-state index < -0.39 is 30.6 Å². The summed E-state index contributed by atoms with van der Waals surface area (Å²) in [6.45, 7) is 3.90. The van der Waals surface area contributed by atoms with Gasteiger partial charge >= 0.3 is 18.1 Å². The fourth-order valence-electron chi connectivity index (χ4n) is 1.17. The Morgan fingerprint density at radius 1 is 1.33 bits per heavy atom. The Bertz CT molecular complexity index is 241. The summed E-state index contributed by atoms with van der Waals surface area (Å²) in [5.74, 6) is 0. The van der Waals surface area contributed by atoms with E-state index in [-0.39, 0.29) is 0 Å². The standard InChI is InChI=1S/C9H13F3O3/c1-3-4-13-6(2)5-9(12)14-7(10)8(11)15-9/h6H,3-5H2,1-2H3. The largest absolute Gasteiger partial charge is 0.413 e. The first-order chi connectivity index (χ1) is 6.97. The molecule has 0 aromatic rings. The second-order valence-electron chi connectivity index (χ2n) is 3.30. The number of hydrogen-bond donors (Lipinski definition) is 0. The number of halogens is 3. The second kappa shape index (κ2) is 4.74. The van der Waals surface area contributed by atoms with E-state index in [9.17, 15) is 13.2 Å². The maximum Gasteiger partial charge on any atom is 0.413 e. The van der Waals surface area contributed by atoms with Crippen molar-refractivity contribution in [2.45, 2.75) is 38.8 Å². The van der Waals surface area contributed by atoms with Gasteiger partial charge in [0.2, 0.25) is 0 Å². The van der Waals surface area contributed by atoms with Crippen LogP contribution in [0, 0.1) is 0 Å². The van der Waals surface area contributed by atoms with Crippen LogP contribution in [0.25, 0.3) is 0 Å². The lowest BCUT2D eigenvalue weighted by Gasteiger charge is -2.21. The van der Waals surface area contributed by atoms with Crippen molar-refractivity contribution in [2.75, 3.05) is 6.61 Å². The van der Waals surface area contributed by atoms with E-state index in [0.717, 1.165) is 6.42 Å². The van der Waals surface area contributed by atoms with E-state index in [1.54, 1.807) is 6.92 Å². The van der Waals surface area contributed by atoms with Crippen LogP contribution in [0.4, 0.5) is 13.2 Å². The summed E-state index contributed by atoms with van der Waals surface area (Å²) >= 11 is 0. The van der Waals surface area contributed by atoms with Gasteiger partial charge in [-0.05, 0) is 13.3 Å². The summed E-state index contributed by atoms with van der Waals surface area (Å²) in [6.07, 6.45) is -0.172. The molecule has 0 aromatic carbocycles. The Morgan fingerprint density at radius 3 is 2.33 bits per heavy atom. The molecule has 0 radical (unpaired) electrons.